The zero-order chi connectivity index (χ0) is 15.9. The third kappa shape index (κ3) is 2.30. The van der Waals surface area contributed by atoms with E-state index in [0.29, 0.717) is 5.69 Å². The number of carbonyl (C=O) groups excluding carboxylic acids is 1. The molecule has 1 amide bonds. The van der Waals surface area contributed by atoms with Crippen molar-refractivity contribution < 1.29 is 9.21 Å². The molecule has 0 bridgehead atoms. The summed E-state index contributed by atoms with van der Waals surface area (Å²) < 4.78 is 7.79. The van der Waals surface area contributed by atoms with Crippen molar-refractivity contribution in [2.24, 2.45) is 7.05 Å². The van der Waals surface area contributed by atoms with E-state index in [9.17, 15) is 4.79 Å². The average molecular weight is 296 g/mol. The third-order valence-electron chi connectivity index (χ3n) is 4.23. The van der Waals surface area contributed by atoms with E-state index in [1.54, 1.807) is 0 Å². The van der Waals surface area contributed by atoms with Crippen LogP contribution in [0.2, 0.25) is 0 Å². The minimum atomic E-state index is -0.185. The number of aromatic nitrogens is 1. The highest BCUT2D eigenvalue weighted by Crippen LogP contribution is 2.29. The molecule has 3 rings (SSSR count). The monoisotopic (exact) mass is 296 g/mol. The van der Waals surface area contributed by atoms with Gasteiger partial charge in [0, 0.05) is 23.7 Å². The van der Waals surface area contributed by atoms with Crippen molar-refractivity contribution in [3.63, 3.8) is 0 Å². The Morgan fingerprint density at radius 1 is 1.18 bits per heavy atom. The molecule has 2 aromatic heterocycles. The third-order valence-corrected chi connectivity index (χ3v) is 4.23. The Morgan fingerprint density at radius 2 is 1.91 bits per heavy atom. The summed E-state index contributed by atoms with van der Waals surface area (Å²) in [7, 11) is 1.89. The van der Waals surface area contributed by atoms with Crippen LogP contribution in [0, 0.1) is 13.8 Å². The number of carbonyl (C=O) groups is 1. The predicted molar refractivity (Wildman–Crippen MR) is 87.0 cm³/mol. The summed E-state index contributed by atoms with van der Waals surface area (Å²) in [6.07, 6.45) is 0. The highest BCUT2D eigenvalue weighted by Gasteiger charge is 2.20. The van der Waals surface area contributed by atoms with Crippen molar-refractivity contribution in [3.8, 4) is 0 Å². The molecule has 1 atom stereocenters. The molecule has 0 aliphatic carbocycles. The summed E-state index contributed by atoms with van der Waals surface area (Å²) in [4.78, 5) is 12.4. The van der Waals surface area contributed by atoms with Gasteiger partial charge in [-0.3, -0.25) is 4.79 Å². The first kappa shape index (κ1) is 14.4. The lowest BCUT2D eigenvalue weighted by Gasteiger charge is -2.13. The van der Waals surface area contributed by atoms with Gasteiger partial charge in [0.25, 0.3) is 5.91 Å². The van der Waals surface area contributed by atoms with Gasteiger partial charge in [0.15, 0.2) is 0 Å². The molecule has 1 aromatic carbocycles. The van der Waals surface area contributed by atoms with Crippen LogP contribution < -0.4 is 5.32 Å². The van der Waals surface area contributed by atoms with E-state index in [-0.39, 0.29) is 11.9 Å². The lowest BCUT2D eigenvalue weighted by atomic mass is 10.1. The fourth-order valence-electron chi connectivity index (χ4n) is 2.78. The van der Waals surface area contributed by atoms with Gasteiger partial charge in [0.05, 0.1) is 6.04 Å². The minimum absolute atomic E-state index is 0.0945. The molecule has 0 saturated carbocycles. The largest absolute Gasteiger partial charge is 0.459 e. The Balaban J connectivity index is 1.87. The first-order chi connectivity index (χ1) is 10.5. The summed E-state index contributed by atoms with van der Waals surface area (Å²) in [5.41, 5.74) is 3.63. The van der Waals surface area contributed by atoms with E-state index in [1.165, 1.54) is 0 Å². The van der Waals surface area contributed by atoms with Crippen LogP contribution in [0.15, 0.2) is 40.8 Å². The molecule has 22 heavy (non-hydrogen) atoms. The topological polar surface area (TPSA) is 47.2 Å². The van der Waals surface area contributed by atoms with Crippen molar-refractivity contribution in [2.75, 3.05) is 0 Å². The summed E-state index contributed by atoms with van der Waals surface area (Å²) in [5, 5.41) is 4.11. The van der Waals surface area contributed by atoms with Gasteiger partial charge in [0.2, 0.25) is 0 Å². The van der Waals surface area contributed by atoms with Gasteiger partial charge >= 0.3 is 0 Å². The molecule has 0 fully saturated rings. The van der Waals surface area contributed by atoms with E-state index >= 15 is 0 Å². The zero-order valence-electron chi connectivity index (χ0n) is 13.3. The number of aryl methyl sites for hydroxylation is 2. The summed E-state index contributed by atoms with van der Waals surface area (Å²) in [6, 6.07) is 11.5. The number of nitrogens with one attached hydrogen (secondary N) is 1. The second kappa shape index (κ2) is 5.37. The van der Waals surface area contributed by atoms with Crippen molar-refractivity contribution in [1.29, 1.82) is 0 Å². The molecule has 114 valence electrons. The van der Waals surface area contributed by atoms with Gasteiger partial charge in [-0.2, -0.15) is 0 Å². The van der Waals surface area contributed by atoms with Crippen LogP contribution in [0.4, 0.5) is 0 Å². The molecule has 1 unspecified atom stereocenters. The Bertz CT molecular complexity index is 842. The number of furan rings is 1. The maximum absolute atomic E-state index is 12.4. The van der Waals surface area contributed by atoms with E-state index in [4.69, 9.17) is 4.42 Å². The van der Waals surface area contributed by atoms with E-state index < -0.39 is 0 Å². The number of rotatable bonds is 3. The summed E-state index contributed by atoms with van der Waals surface area (Å²) in [5.74, 6) is 0.712. The van der Waals surface area contributed by atoms with E-state index in [0.717, 1.165) is 28.0 Å². The second-order valence-corrected chi connectivity index (χ2v) is 5.70. The highest BCUT2D eigenvalue weighted by molar-refractivity contribution is 5.93. The Morgan fingerprint density at radius 3 is 2.55 bits per heavy atom. The van der Waals surface area contributed by atoms with Gasteiger partial charge in [-0.05, 0) is 39.0 Å². The Labute approximate surface area is 129 Å². The number of hydrogen-bond acceptors (Lipinski definition) is 2. The minimum Gasteiger partial charge on any atom is -0.459 e. The van der Waals surface area contributed by atoms with Crippen molar-refractivity contribution in [2.45, 2.75) is 26.8 Å². The molecule has 1 N–H and O–H groups in total. The zero-order valence-corrected chi connectivity index (χ0v) is 13.3. The lowest BCUT2D eigenvalue weighted by molar-refractivity contribution is 0.0927. The summed E-state index contributed by atoms with van der Waals surface area (Å²) in [6.45, 7) is 5.94. The number of hydrogen-bond donors (Lipinski definition) is 1. The van der Waals surface area contributed by atoms with E-state index in [1.807, 2.05) is 68.8 Å². The fourth-order valence-corrected chi connectivity index (χ4v) is 2.78. The average Bonchev–Trinajstić information content (AvgIpc) is 3.01. The molecular weight excluding hydrogens is 276 g/mol. The summed E-state index contributed by atoms with van der Waals surface area (Å²) >= 11 is 0. The quantitative estimate of drug-likeness (QED) is 0.797. The molecule has 0 aliphatic rings. The standard InChI is InChI=1S/C18H20N2O2/c1-11-9-10-15(20(11)4)18(21)19-13(3)17-12(2)14-7-5-6-8-16(14)22-17/h5-10,13H,1-4H3,(H,19,21). The normalized spacial score (nSPS) is 12.5. The van der Waals surface area contributed by atoms with Crippen molar-refractivity contribution in [3.05, 3.63) is 59.1 Å². The van der Waals surface area contributed by atoms with Gasteiger partial charge in [0.1, 0.15) is 17.0 Å². The molecule has 3 aromatic rings. The molecule has 0 spiro atoms. The van der Waals surface area contributed by atoms with Crippen LogP contribution in [0.1, 0.15) is 40.5 Å². The number of amides is 1. The molecule has 2 heterocycles. The van der Waals surface area contributed by atoms with Crippen LogP contribution in [-0.2, 0) is 7.05 Å². The lowest BCUT2D eigenvalue weighted by Crippen LogP contribution is -2.28. The Kier molecular flexibility index (Phi) is 3.53. The molecule has 4 heteroatoms. The first-order valence-corrected chi connectivity index (χ1v) is 7.40. The van der Waals surface area contributed by atoms with Crippen LogP contribution in [0.25, 0.3) is 11.0 Å². The highest BCUT2D eigenvalue weighted by atomic mass is 16.3. The van der Waals surface area contributed by atoms with Crippen LogP contribution in [0.3, 0.4) is 0 Å². The molecular formula is C18H20N2O2. The Hall–Kier alpha value is -2.49. The van der Waals surface area contributed by atoms with Crippen molar-refractivity contribution >= 4 is 16.9 Å². The van der Waals surface area contributed by atoms with Crippen molar-refractivity contribution in [1.82, 2.24) is 9.88 Å². The van der Waals surface area contributed by atoms with Gasteiger partial charge in [-0.25, -0.2) is 0 Å². The molecule has 0 aliphatic heterocycles. The second-order valence-electron chi connectivity index (χ2n) is 5.70. The van der Waals surface area contributed by atoms with Gasteiger partial charge in [-0.1, -0.05) is 18.2 Å². The van der Waals surface area contributed by atoms with Gasteiger partial charge < -0.3 is 14.3 Å². The van der Waals surface area contributed by atoms with Crippen LogP contribution in [0.5, 0.6) is 0 Å². The molecule has 0 radical (unpaired) electrons. The number of fused-ring (bicyclic) bond motifs is 1. The predicted octanol–water partition coefficient (Wildman–Crippen LogP) is 3.88. The maximum Gasteiger partial charge on any atom is 0.268 e. The fraction of sp³-hybridized carbons (Fsp3) is 0.278. The molecule has 4 nitrogen and oxygen atoms in total. The SMILES string of the molecule is Cc1c(C(C)NC(=O)c2ccc(C)n2C)oc2ccccc12. The number of benzene rings is 1. The maximum atomic E-state index is 12.4. The molecule has 0 saturated heterocycles. The number of para-hydroxylation sites is 1. The first-order valence-electron chi connectivity index (χ1n) is 7.40. The smallest absolute Gasteiger partial charge is 0.268 e. The van der Waals surface area contributed by atoms with Crippen LogP contribution in [-0.4, -0.2) is 10.5 Å². The number of nitrogens with zero attached hydrogens (tertiary/aromatic N) is 1. The van der Waals surface area contributed by atoms with Gasteiger partial charge in [-0.15, -0.1) is 0 Å². The van der Waals surface area contributed by atoms with E-state index in [2.05, 4.69) is 5.32 Å². The van der Waals surface area contributed by atoms with Crippen LogP contribution >= 0.6 is 0 Å².